The Kier molecular flexibility index (Phi) is 4.37. The van der Waals surface area contributed by atoms with Gasteiger partial charge in [-0.25, -0.2) is 10.0 Å². The number of nitrogens with zero attached hydrogens (tertiary/aromatic N) is 4. The lowest BCUT2D eigenvalue weighted by atomic mass is 9.73. The van der Waals surface area contributed by atoms with Crippen LogP contribution in [0.25, 0.3) is 0 Å². The number of piperidine rings is 1. The lowest BCUT2D eigenvalue weighted by molar-refractivity contribution is -0.199. The van der Waals surface area contributed by atoms with Crippen molar-refractivity contribution in [3.8, 4) is 0 Å². The highest BCUT2D eigenvalue weighted by molar-refractivity contribution is 5.07. The summed E-state index contributed by atoms with van der Waals surface area (Å²) in [5.41, 5.74) is 1.31. The zero-order valence-electron chi connectivity index (χ0n) is 16.2. The minimum atomic E-state index is 0.642. The number of hydrogen-bond acceptors (Lipinski definition) is 5. The fourth-order valence-electron chi connectivity index (χ4n) is 6.38. The van der Waals surface area contributed by atoms with Crippen molar-refractivity contribution >= 4 is 0 Å². The van der Waals surface area contributed by atoms with Crippen molar-refractivity contribution in [2.24, 2.45) is 16.7 Å². The Morgan fingerprint density at radius 2 is 1.52 bits per heavy atom. The first-order valence-electron chi connectivity index (χ1n) is 10.8. The second-order valence-electron chi connectivity index (χ2n) is 10.0. The first-order chi connectivity index (χ1) is 12.2. The predicted molar refractivity (Wildman–Crippen MR) is 101 cm³/mol. The Bertz CT molecular complexity index is 468. The molecule has 0 aromatic rings. The SMILES string of the molecule is CCCN1CC2(C1)CN(N1CCC3(CN(CC4CCNCC4)C3)C1)C2. The van der Waals surface area contributed by atoms with E-state index >= 15 is 0 Å². The van der Waals surface area contributed by atoms with Crippen molar-refractivity contribution in [3.05, 3.63) is 0 Å². The molecular weight excluding hydrogens is 310 g/mol. The molecular formula is C20H37N5. The molecule has 0 aromatic carbocycles. The minimum absolute atomic E-state index is 0.642. The van der Waals surface area contributed by atoms with Gasteiger partial charge in [0.2, 0.25) is 0 Å². The summed E-state index contributed by atoms with van der Waals surface area (Å²) < 4.78 is 0. The van der Waals surface area contributed by atoms with Gasteiger partial charge in [0.05, 0.1) is 0 Å². The van der Waals surface area contributed by atoms with Crippen LogP contribution in [0.5, 0.6) is 0 Å². The van der Waals surface area contributed by atoms with Crippen LogP contribution in [0.1, 0.15) is 32.6 Å². The quantitative estimate of drug-likeness (QED) is 0.798. The standard InChI is InChI=1S/C20H37N5/c1-2-8-22-13-20(14-22)16-25(17-20)24-9-5-19(15-24)11-23(12-19)10-18-3-6-21-7-4-18/h18,21H,2-17H2,1H3. The molecule has 5 heteroatoms. The van der Waals surface area contributed by atoms with E-state index in [0.29, 0.717) is 10.8 Å². The van der Waals surface area contributed by atoms with E-state index in [1.165, 1.54) is 104 Å². The van der Waals surface area contributed by atoms with E-state index in [9.17, 15) is 0 Å². The van der Waals surface area contributed by atoms with Crippen molar-refractivity contribution in [3.63, 3.8) is 0 Å². The molecule has 0 bridgehead atoms. The van der Waals surface area contributed by atoms with E-state index in [4.69, 9.17) is 0 Å². The van der Waals surface area contributed by atoms with Crippen molar-refractivity contribution in [2.45, 2.75) is 32.6 Å². The Morgan fingerprint density at radius 3 is 2.24 bits per heavy atom. The van der Waals surface area contributed by atoms with Crippen LogP contribution in [0, 0.1) is 16.7 Å². The Morgan fingerprint density at radius 1 is 0.840 bits per heavy atom. The van der Waals surface area contributed by atoms with E-state index < -0.39 is 0 Å². The second kappa shape index (κ2) is 6.45. The lowest BCUT2D eigenvalue weighted by Gasteiger charge is -2.62. The highest BCUT2D eigenvalue weighted by atomic mass is 15.7. The monoisotopic (exact) mass is 347 g/mol. The third-order valence-electron chi connectivity index (χ3n) is 7.61. The smallest absolute Gasteiger partial charge is 0.0240 e. The van der Waals surface area contributed by atoms with Crippen molar-refractivity contribution in [1.82, 2.24) is 25.1 Å². The van der Waals surface area contributed by atoms with Crippen LogP contribution >= 0.6 is 0 Å². The molecule has 25 heavy (non-hydrogen) atoms. The van der Waals surface area contributed by atoms with E-state index in [2.05, 4.69) is 32.1 Å². The molecule has 0 aromatic heterocycles. The number of rotatable bonds is 5. The van der Waals surface area contributed by atoms with Crippen molar-refractivity contribution in [2.75, 3.05) is 78.5 Å². The van der Waals surface area contributed by atoms with Gasteiger partial charge in [0.25, 0.3) is 0 Å². The topological polar surface area (TPSA) is 25.0 Å². The summed E-state index contributed by atoms with van der Waals surface area (Å²) in [6.45, 7) is 18.2. The normalized spacial score (nSPS) is 33.5. The summed E-state index contributed by atoms with van der Waals surface area (Å²) in [4.78, 5) is 5.40. The number of likely N-dealkylation sites (tertiary alicyclic amines) is 2. The zero-order valence-corrected chi connectivity index (χ0v) is 16.2. The molecule has 0 radical (unpaired) electrons. The number of nitrogens with one attached hydrogen (secondary N) is 1. The van der Waals surface area contributed by atoms with Gasteiger partial charge in [0.15, 0.2) is 0 Å². The highest BCUT2D eigenvalue weighted by Gasteiger charge is 2.56. The van der Waals surface area contributed by atoms with Gasteiger partial charge in [-0.15, -0.1) is 0 Å². The largest absolute Gasteiger partial charge is 0.317 e. The van der Waals surface area contributed by atoms with Crippen LogP contribution in [-0.4, -0.2) is 98.4 Å². The molecule has 5 saturated heterocycles. The van der Waals surface area contributed by atoms with Crippen LogP contribution in [0.3, 0.4) is 0 Å². The molecule has 2 spiro atoms. The molecule has 5 fully saturated rings. The third-order valence-corrected chi connectivity index (χ3v) is 7.61. The summed E-state index contributed by atoms with van der Waals surface area (Å²) in [5, 5.41) is 8.90. The molecule has 0 amide bonds. The molecule has 5 aliphatic rings. The summed E-state index contributed by atoms with van der Waals surface area (Å²) in [6.07, 6.45) is 5.52. The van der Waals surface area contributed by atoms with Gasteiger partial charge < -0.3 is 15.1 Å². The highest BCUT2D eigenvalue weighted by Crippen LogP contribution is 2.45. The fourth-order valence-corrected chi connectivity index (χ4v) is 6.38. The molecule has 5 aliphatic heterocycles. The lowest BCUT2D eigenvalue weighted by Crippen LogP contribution is -2.74. The molecule has 142 valence electrons. The molecule has 5 nitrogen and oxygen atoms in total. The molecule has 5 heterocycles. The van der Waals surface area contributed by atoms with Crippen LogP contribution < -0.4 is 5.32 Å². The van der Waals surface area contributed by atoms with E-state index in [0.717, 1.165) is 5.92 Å². The maximum atomic E-state index is 3.50. The Hall–Kier alpha value is -0.200. The summed E-state index contributed by atoms with van der Waals surface area (Å²) in [7, 11) is 0. The maximum Gasteiger partial charge on any atom is 0.0240 e. The first-order valence-corrected chi connectivity index (χ1v) is 10.8. The predicted octanol–water partition coefficient (Wildman–Crippen LogP) is 0.936. The maximum absolute atomic E-state index is 3.50. The van der Waals surface area contributed by atoms with Gasteiger partial charge in [0.1, 0.15) is 0 Å². The van der Waals surface area contributed by atoms with Gasteiger partial charge in [0, 0.05) is 69.7 Å². The zero-order chi connectivity index (χ0) is 16.9. The van der Waals surface area contributed by atoms with Crippen LogP contribution in [-0.2, 0) is 0 Å². The molecule has 0 unspecified atom stereocenters. The van der Waals surface area contributed by atoms with Gasteiger partial charge in [-0.05, 0) is 51.2 Å². The van der Waals surface area contributed by atoms with E-state index in [1.54, 1.807) is 0 Å². The third kappa shape index (κ3) is 3.16. The van der Waals surface area contributed by atoms with E-state index in [1.807, 2.05) is 0 Å². The number of hydrogen-bond donors (Lipinski definition) is 1. The molecule has 1 N–H and O–H groups in total. The fraction of sp³-hybridized carbons (Fsp3) is 1.00. The second-order valence-corrected chi connectivity index (χ2v) is 10.0. The average molecular weight is 348 g/mol. The number of hydrazine groups is 1. The van der Waals surface area contributed by atoms with Crippen LogP contribution in [0.15, 0.2) is 0 Å². The summed E-state index contributed by atoms with van der Waals surface area (Å²) in [5.74, 6) is 0.955. The molecule has 0 saturated carbocycles. The molecule has 0 atom stereocenters. The van der Waals surface area contributed by atoms with Crippen LogP contribution in [0.4, 0.5) is 0 Å². The minimum Gasteiger partial charge on any atom is -0.317 e. The summed E-state index contributed by atoms with van der Waals surface area (Å²) in [6, 6.07) is 0. The van der Waals surface area contributed by atoms with Gasteiger partial charge in [-0.3, -0.25) is 0 Å². The molecule has 0 aliphatic carbocycles. The van der Waals surface area contributed by atoms with Crippen molar-refractivity contribution < 1.29 is 0 Å². The molecule has 5 rings (SSSR count). The van der Waals surface area contributed by atoms with Gasteiger partial charge >= 0.3 is 0 Å². The van der Waals surface area contributed by atoms with Gasteiger partial charge in [-0.2, -0.15) is 0 Å². The van der Waals surface area contributed by atoms with Gasteiger partial charge in [-0.1, -0.05) is 6.92 Å². The average Bonchev–Trinajstić information content (AvgIpc) is 2.94. The first kappa shape index (κ1) is 16.9. The van der Waals surface area contributed by atoms with Crippen molar-refractivity contribution in [1.29, 1.82) is 0 Å². The Labute approximate surface area is 153 Å². The Balaban J connectivity index is 1.04. The summed E-state index contributed by atoms with van der Waals surface area (Å²) >= 11 is 0. The van der Waals surface area contributed by atoms with Crippen LogP contribution in [0.2, 0.25) is 0 Å². The van der Waals surface area contributed by atoms with E-state index in [-0.39, 0.29) is 0 Å².